The van der Waals surface area contributed by atoms with Crippen molar-refractivity contribution in [1.29, 1.82) is 0 Å². The van der Waals surface area contributed by atoms with Crippen LogP contribution >= 0.6 is 0 Å². The summed E-state index contributed by atoms with van der Waals surface area (Å²) in [6.45, 7) is 2.42. The van der Waals surface area contributed by atoms with E-state index in [-0.39, 0.29) is 12.6 Å². The Morgan fingerprint density at radius 1 is 1.08 bits per heavy atom. The van der Waals surface area contributed by atoms with Gasteiger partial charge in [0.05, 0.1) is 12.7 Å². The molecular formula is C20H21NO4. The van der Waals surface area contributed by atoms with Gasteiger partial charge in [-0.05, 0) is 29.7 Å². The summed E-state index contributed by atoms with van der Waals surface area (Å²) in [6.07, 6.45) is 3.17. The van der Waals surface area contributed by atoms with Crippen LogP contribution in [0.3, 0.4) is 0 Å². The summed E-state index contributed by atoms with van der Waals surface area (Å²) in [5.74, 6) is -0.365. The molecular weight excluding hydrogens is 318 g/mol. The normalized spacial score (nSPS) is 10.5. The number of carbonyl (C=O) groups is 2. The molecule has 0 aliphatic heterocycles. The van der Waals surface area contributed by atoms with Crippen molar-refractivity contribution in [2.75, 3.05) is 13.7 Å². The average Bonchev–Trinajstić information content (AvgIpc) is 2.65. The molecule has 1 amide bonds. The zero-order chi connectivity index (χ0) is 18.1. The fourth-order valence-corrected chi connectivity index (χ4v) is 2.27. The summed E-state index contributed by atoms with van der Waals surface area (Å²) < 4.78 is 9.88. The predicted octanol–water partition coefficient (Wildman–Crippen LogP) is 3.72. The van der Waals surface area contributed by atoms with Gasteiger partial charge in [0.25, 0.3) is 0 Å². The third kappa shape index (κ3) is 5.49. The summed E-state index contributed by atoms with van der Waals surface area (Å²) >= 11 is 0. The summed E-state index contributed by atoms with van der Waals surface area (Å²) in [4.78, 5) is 23.3. The molecule has 2 aromatic carbocycles. The number of rotatable bonds is 6. The number of ether oxygens (including phenoxy) is 2. The monoisotopic (exact) mass is 339 g/mol. The molecule has 2 rings (SSSR count). The van der Waals surface area contributed by atoms with Gasteiger partial charge in [-0.25, -0.2) is 9.59 Å². The third-order valence-electron chi connectivity index (χ3n) is 3.66. The van der Waals surface area contributed by atoms with Crippen LogP contribution in [0.2, 0.25) is 0 Å². The molecule has 0 radical (unpaired) electrons. The maximum atomic E-state index is 11.7. The Kier molecular flexibility index (Phi) is 6.77. The Labute approximate surface area is 147 Å². The van der Waals surface area contributed by atoms with Crippen molar-refractivity contribution in [3.63, 3.8) is 0 Å². The molecule has 0 aliphatic carbocycles. The first kappa shape index (κ1) is 18.3. The minimum Gasteiger partial charge on any atom is -0.465 e. The predicted molar refractivity (Wildman–Crippen MR) is 96.2 cm³/mol. The van der Waals surface area contributed by atoms with Gasteiger partial charge in [-0.1, -0.05) is 54.6 Å². The summed E-state index contributed by atoms with van der Waals surface area (Å²) in [5.41, 5.74) is 3.18. The minimum absolute atomic E-state index is 0.233. The smallest absolute Gasteiger partial charge is 0.407 e. The van der Waals surface area contributed by atoms with E-state index in [0.29, 0.717) is 12.1 Å². The molecule has 5 heteroatoms. The van der Waals surface area contributed by atoms with E-state index >= 15 is 0 Å². The zero-order valence-electron chi connectivity index (χ0n) is 14.3. The lowest BCUT2D eigenvalue weighted by atomic mass is 10.0. The molecule has 0 aliphatic rings. The lowest BCUT2D eigenvalue weighted by Gasteiger charge is -2.07. The highest BCUT2D eigenvalue weighted by atomic mass is 16.5. The lowest BCUT2D eigenvalue weighted by molar-refractivity contribution is 0.0600. The van der Waals surface area contributed by atoms with Gasteiger partial charge in [0.2, 0.25) is 0 Å². The Balaban J connectivity index is 1.83. The standard InChI is InChI=1S/C20H21NO4/c1-15-17(10-6-12-18(15)19(22)24-2)11-7-13-21-20(23)25-14-16-8-4-3-5-9-16/h3-12H,13-14H2,1-2H3,(H,21,23). The number of methoxy groups -OCH3 is 1. The van der Waals surface area contributed by atoms with Gasteiger partial charge in [-0.3, -0.25) is 0 Å². The van der Waals surface area contributed by atoms with E-state index < -0.39 is 6.09 Å². The summed E-state index contributed by atoms with van der Waals surface area (Å²) in [6, 6.07) is 14.9. The Morgan fingerprint density at radius 3 is 2.56 bits per heavy atom. The largest absolute Gasteiger partial charge is 0.465 e. The quantitative estimate of drug-likeness (QED) is 0.815. The van der Waals surface area contributed by atoms with Crippen LogP contribution in [0.15, 0.2) is 54.6 Å². The van der Waals surface area contributed by atoms with Gasteiger partial charge in [0.1, 0.15) is 6.61 Å². The maximum absolute atomic E-state index is 11.7. The van der Waals surface area contributed by atoms with Gasteiger partial charge < -0.3 is 14.8 Å². The fourth-order valence-electron chi connectivity index (χ4n) is 2.27. The molecule has 1 N–H and O–H groups in total. The molecule has 0 bridgehead atoms. The molecule has 0 fully saturated rings. The summed E-state index contributed by atoms with van der Waals surface area (Å²) in [5, 5.41) is 2.65. The van der Waals surface area contributed by atoms with Gasteiger partial charge >= 0.3 is 12.1 Å². The van der Waals surface area contributed by atoms with Crippen LogP contribution in [-0.2, 0) is 16.1 Å². The van der Waals surface area contributed by atoms with Crippen LogP contribution < -0.4 is 5.32 Å². The number of hydrogen-bond acceptors (Lipinski definition) is 4. The van der Waals surface area contributed by atoms with Gasteiger partial charge in [-0.15, -0.1) is 0 Å². The molecule has 2 aromatic rings. The van der Waals surface area contributed by atoms with Crippen LogP contribution in [0, 0.1) is 6.92 Å². The molecule has 0 saturated carbocycles. The topological polar surface area (TPSA) is 64.6 Å². The number of alkyl carbamates (subject to hydrolysis) is 1. The summed E-state index contributed by atoms with van der Waals surface area (Å²) in [7, 11) is 1.36. The van der Waals surface area contributed by atoms with E-state index in [1.54, 1.807) is 18.2 Å². The van der Waals surface area contributed by atoms with Crippen molar-refractivity contribution in [2.45, 2.75) is 13.5 Å². The van der Waals surface area contributed by atoms with Crippen molar-refractivity contribution in [2.24, 2.45) is 0 Å². The second kappa shape index (κ2) is 9.27. The van der Waals surface area contributed by atoms with E-state index in [2.05, 4.69) is 5.32 Å². The van der Waals surface area contributed by atoms with E-state index in [1.165, 1.54) is 7.11 Å². The van der Waals surface area contributed by atoms with E-state index in [9.17, 15) is 9.59 Å². The zero-order valence-corrected chi connectivity index (χ0v) is 14.3. The van der Waals surface area contributed by atoms with Crippen molar-refractivity contribution in [3.8, 4) is 0 Å². The number of benzene rings is 2. The second-order valence-electron chi connectivity index (χ2n) is 5.36. The first-order valence-electron chi connectivity index (χ1n) is 7.91. The first-order chi connectivity index (χ1) is 12.1. The second-order valence-corrected chi connectivity index (χ2v) is 5.36. The van der Waals surface area contributed by atoms with Crippen molar-refractivity contribution < 1.29 is 19.1 Å². The van der Waals surface area contributed by atoms with E-state index in [1.807, 2.05) is 49.4 Å². The Hall–Kier alpha value is -3.08. The molecule has 0 aromatic heterocycles. The van der Waals surface area contributed by atoms with Crippen molar-refractivity contribution in [3.05, 3.63) is 76.9 Å². The van der Waals surface area contributed by atoms with Crippen LogP contribution in [0.5, 0.6) is 0 Å². The molecule has 25 heavy (non-hydrogen) atoms. The highest BCUT2D eigenvalue weighted by molar-refractivity contribution is 5.92. The molecule has 0 saturated heterocycles. The number of carbonyl (C=O) groups excluding carboxylic acids is 2. The molecule has 0 heterocycles. The van der Waals surface area contributed by atoms with E-state index in [0.717, 1.165) is 16.7 Å². The molecule has 5 nitrogen and oxygen atoms in total. The maximum Gasteiger partial charge on any atom is 0.407 e. The highest BCUT2D eigenvalue weighted by Gasteiger charge is 2.10. The lowest BCUT2D eigenvalue weighted by Crippen LogP contribution is -2.24. The molecule has 0 unspecified atom stereocenters. The van der Waals surface area contributed by atoms with Crippen LogP contribution in [0.25, 0.3) is 6.08 Å². The fraction of sp³-hybridized carbons (Fsp3) is 0.200. The number of hydrogen-bond donors (Lipinski definition) is 1. The number of nitrogens with one attached hydrogen (secondary N) is 1. The van der Waals surface area contributed by atoms with Crippen LogP contribution in [0.1, 0.15) is 27.0 Å². The molecule has 130 valence electrons. The third-order valence-corrected chi connectivity index (χ3v) is 3.66. The van der Waals surface area contributed by atoms with Crippen LogP contribution in [-0.4, -0.2) is 25.7 Å². The van der Waals surface area contributed by atoms with Gasteiger partial charge in [-0.2, -0.15) is 0 Å². The van der Waals surface area contributed by atoms with Crippen LogP contribution in [0.4, 0.5) is 4.79 Å². The van der Waals surface area contributed by atoms with Crippen molar-refractivity contribution in [1.82, 2.24) is 5.32 Å². The minimum atomic E-state index is -0.478. The van der Waals surface area contributed by atoms with Crippen molar-refractivity contribution >= 4 is 18.1 Å². The first-order valence-corrected chi connectivity index (χ1v) is 7.91. The van der Waals surface area contributed by atoms with Gasteiger partial charge in [0, 0.05) is 6.54 Å². The average molecular weight is 339 g/mol. The van der Waals surface area contributed by atoms with Gasteiger partial charge in [0.15, 0.2) is 0 Å². The molecule has 0 atom stereocenters. The Morgan fingerprint density at radius 2 is 1.84 bits per heavy atom. The molecule has 0 spiro atoms. The van der Waals surface area contributed by atoms with E-state index in [4.69, 9.17) is 9.47 Å². The highest BCUT2D eigenvalue weighted by Crippen LogP contribution is 2.16. The number of esters is 1. The SMILES string of the molecule is COC(=O)c1cccc(C=CCNC(=O)OCc2ccccc2)c1C. The Bertz CT molecular complexity index is 754. The number of amides is 1.